The van der Waals surface area contributed by atoms with E-state index in [2.05, 4.69) is 19.1 Å². The molecule has 0 aliphatic carbocycles. The second-order valence-electron chi connectivity index (χ2n) is 3.76. The predicted molar refractivity (Wildman–Crippen MR) is 70.3 cm³/mol. The minimum absolute atomic E-state index is 0.391. The Morgan fingerprint density at radius 1 is 1.06 bits per heavy atom. The van der Waals surface area contributed by atoms with Crippen molar-refractivity contribution in [3.05, 3.63) is 59.7 Å². The van der Waals surface area contributed by atoms with Gasteiger partial charge in [-0.25, -0.2) is 0 Å². The first-order chi connectivity index (χ1) is 8.16. The van der Waals surface area contributed by atoms with Gasteiger partial charge in [0, 0.05) is 15.4 Å². The van der Waals surface area contributed by atoms with Crippen molar-refractivity contribution in [2.45, 2.75) is 16.7 Å². The van der Waals surface area contributed by atoms with Crippen molar-refractivity contribution in [2.24, 2.45) is 5.73 Å². The zero-order chi connectivity index (χ0) is 12.3. The van der Waals surface area contributed by atoms with E-state index in [1.165, 1.54) is 10.5 Å². The van der Waals surface area contributed by atoms with Crippen LogP contribution in [0.25, 0.3) is 0 Å². The van der Waals surface area contributed by atoms with Gasteiger partial charge in [0.25, 0.3) is 0 Å². The van der Waals surface area contributed by atoms with Crippen LogP contribution in [0.4, 0.5) is 0 Å². The van der Waals surface area contributed by atoms with Crippen molar-refractivity contribution in [3.8, 4) is 0 Å². The molecule has 0 spiro atoms. The number of carbonyl (C=O) groups excluding carboxylic acids is 1. The van der Waals surface area contributed by atoms with E-state index >= 15 is 0 Å². The second-order valence-corrected chi connectivity index (χ2v) is 4.87. The minimum Gasteiger partial charge on any atom is -0.366 e. The molecule has 0 heterocycles. The van der Waals surface area contributed by atoms with Gasteiger partial charge >= 0.3 is 0 Å². The van der Waals surface area contributed by atoms with Crippen molar-refractivity contribution < 1.29 is 4.79 Å². The van der Waals surface area contributed by atoms with Gasteiger partial charge in [0.15, 0.2) is 0 Å². The largest absolute Gasteiger partial charge is 0.366 e. The Morgan fingerprint density at radius 2 is 1.71 bits per heavy atom. The maximum Gasteiger partial charge on any atom is 0.248 e. The molecule has 2 N–H and O–H groups in total. The van der Waals surface area contributed by atoms with E-state index in [0.717, 1.165) is 4.90 Å². The SMILES string of the molecule is Cc1ccccc1Sc1ccc(C(N)=O)cc1. The smallest absolute Gasteiger partial charge is 0.248 e. The van der Waals surface area contributed by atoms with Crippen LogP contribution < -0.4 is 5.73 Å². The van der Waals surface area contributed by atoms with Gasteiger partial charge in [-0.1, -0.05) is 30.0 Å². The molecule has 0 radical (unpaired) electrons. The van der Waals surface area contributed by atoms with Gasteiger partial charge in [-0.3, -0.25) is 4.79 Å². The van der Waals surface area contributed by atoms with Crippen LogP contribution in [-0.2, 0) is 0 Å². The highest BCUT2D eigenvalue weighted by Crippen LogP contribution is 2.29. The van der Waals surface area contributed by atoms with Crippen molar-refractivity contribution in [3.63, 3.8) is 0 Å². The average molecular weight is 243 g/mol. The monoisotopic (exact) mass is 243 g/mol. The fraction of sp³-hybridized carbons (Fsp3) is 0.0714. The molecule has 17 heavy (non-hydrogen) atoms. The highest BCUT2D eigenvalue weighted by atomic mass is 32.2. The lowest BCUT2D eigenvalue weighted by molar-refractivity contribution is 0.1000. The number of carbonyl (C=O) groups is 1. The maximum absolute atomic E-state index is 10.9. The highest BCUT2D eigenvalue weighted by molar-refractivity contribution is 7.99. The average Bonchev–Trinajstić information content (AvgIpc) is 2.33. The highest BCUT2D eigenvalue weighted by Gasteiger charge is 2.02. The number of aryl methyl sites for hydroxylation is 1. The van der Waals surface area contributed by atoms with E-state index in [9.17, 15) is 4.79 Å². The summed E-state index contributed by atoms with van der Waals surface area (Å²) in [6.07, 6.45) is 0. The summed E-state index contributed by atoms with van der Waals surface area (Å²) in [5, 5.41) is 0. The van der Waals surface area contributed by atoms with Gasteiger partial charge in [-0.15, -0.1) is 0 Å². The Morgan fingerprint density at radius 3 is 2.29 bits per heavy atom. The number of hydrogen-bond acceptors (Lipinski definition) is 2. The number of amides is 1. The Labute approximate surface area is 105 Å². The van der Waals surface area contributed by atoms with Crippen molar-refractivity contribution >= 4 is 17.7 Å². The van der Waals surface area contributed by atoms with Crippen LogP contribution in [0.2, 0.25) is 0 Å². The molecular formula is C14H13NOS. The lowest BCUT2D eigenvalue weighted by Gasteiger charge is -2.05. The standard InChI is InChI=1S/C14H13NOS/c1-10-4-2-3-5-13(10)17-12-8-6-11(7-9-12)14(15)16/h2-9H,1H3,(H2,15,16). The lowest BCUT2D eigenvalue weighted by atomic mass is 10.2. The van der Waals surface area contributed by atoms with Gasteiger partial charge in [-0.2, -0.15) is 0 Å². The first kappa shape index (κ1) is 11.7. The molecule has 0 saturated carbocycles. The molecule has 2 rings (SSSR count). The summed E-state index contributed by atoms with van der Waals surface area (Å²) in [5.74, 6) is -0.391. The third kappa shape index (κ3) is 2.88. The molecule has 0 aliphatic rings. The van der Waals surface area contributed by atoms with E-state index < -0.39 is 5.91 Å². The molecule has 0 aromatic heterocycles. The quantitative estimate of drug-likeness (QED) is 0.899. The van der Waals surface area contributed by atoms with Gasteiger partial charge in [0.2, 0.25) is 5.91 Å². The van der Waals surface area contributed by atoms with E-state index in [0.29, 0.717) is 5.56 Å². The predicted octanol–water partition coefficient (Wildman–Crippen LogP) is 3.25. The molecule has 2 nitrogen and oxygen atoms in total. The molecule has 0 fully saturated rings. The van der Waals surface area contributed by atoms with Crippen molar-refractivity contribution in [2.75, 3.05) is 0 Å². The van der Waals surface area contributed by atoms with Crippen LogP contribution >= 0.6 is 11.8 Å². The third-order valence-electron chi connectivity index (χ3n) is 2.46. The summed E-state index contributed by atoms with van der Waals surface area (Å²) in [4.78, 5) is 13.3. The maximum atomic E-state index is 10.9. The second kappa shape index (κ2) is 5.06. The number of rotatable bonds is 3. The number of primary amides is 1. The molecule has 0 aliphatic heterocycles. The molecule has 0 saturated heterocycles. The Hall–Kier alpha value is -1.74. The third-order valence-corrected chi connectivity index (χ3v) is 3.65. The molecule has 86 valence electrons. The zero-order valence-electron chi connectivity index (χ0n) is 9.51. The molecular weight excluding hydrogens is 230 g/mol. The first-order valence-corrected chi connectivity index (χ1v) is 6.12. The fourth-order valence-electron chi connectivity index (χ4n) is 1.49. The molecule has 0 atom stereocenters. The Balaban J connectivity index is 2.20. The lowest BCUT2D eigenvalue weighted by Crippen LogP contribution is -2.10. The van der Waals surface area contributed by atoms with Gasteiger partial charge in [-0.05, 0) is 42.8 Å². The van der Waals surface area contributed by atoms with E-state index in [4.69, 9.17) is 5.73 Å². The summed E-state index contributed by atoms with van der Waals surface area (Å²) in [6, 6.07) is 15.5. The van der Waals surface area contributed by atoms with Crippen LogP contribution in [0.5, 0.6) is 0 Å². The fourth-order valence-corrected chi connectivity index (χ4v) is 2.39. The summed E-state index contributed by atoms with van der Waals surface area (Å²) in [5.41, 5.74) is 6.98. The molecule has 0 bridgehead atoms. The molecule has 2 aromatic rings. The van der Waals surface area contributed by atoms with Crippen LogP contribution in [0.1, 0.15) is 15.9 Å². The molecule has 1 amide bonds. The summed E-state index contributed by atoms with van der Waals surface area (Å²) in [6.45, 7) is 2.08. The van der Waals surface area contributed by atoms with E-state index in [-0.39, 0.29) is 0 Å². The molecule has 3 heteroatoms. The topological polar surface area (TPSA) is 43.1 Å². The van der Waals surface area contributed by atoms with Gasteiger partial charge in [0.05, 0.1) is 0 Å². The number of hydrogen-bond donors (Lipinski definition) is 1. The van der Waals surface area contributed by atoms with Crippen molar-refractivity contribution in [1.82, 2.24) is 0 Å². The van der Waals surface area contributed by atoms with Crippen LogP contribution in [-0.4, -0.2) is 5.91 Å². The summed E-state index contributed by atoms with van der Waals surface area (Å²) >= 11 is 1.68. The normalized spacial score (nSPS) is 10.2. The number of nitrogens with two attached hydrogens (primary N) is 1. The Bertz CT molecular complexity index is 534. The van der Waals surface area contributed by atoms with E-state index in [1.807, 2.05) is 24.3 Å². The van der Waals surface area contributed by atoms with Crippen molar-refractivity contribution in [1.29, 1.82) is 0 Å². The molecule has 0 unspecified atom stereocenters. The van der Waals surface area contributed by atoms with Crippen LogP contribution in [0, 0.1) is 6.92 Å². The van der Waals surface area contributed by atoms with Crippen LogP contribution in [0.15, 0.2) is 58.3 Å². The molecule has 2 aromatic carbocycles. The van der Waals surface area contributed by atoms with Crippen LogP contribution in [0.3, 0.4) is 0 Å². The summed E-state index contributed by atoms with van der Waals surface area (Å²) in [7, 11) is 0. The number of benzene rings is 2. The summed E-state index contributed by atoms with van der Waals surface area (Å²) < 4.78 is 0. The zero-order valence-corrected chi connectivity index (χ0v) is 10.3. The van der Waals surface area contributed by atoms with E-state index in [1.54, 1.807) is 23.9 Å². The van der Waals surface area contributed by atoms with Gasteiger partial charge in [0.1, 0.15) is 0 Å². The first-order valence-electron chi connectivity index (χ1n) is 5.30. The van der Waals surface area contributed by atoms with Gasteiger partial charge < -0.3 is 5.73 Å². The minimum atomic E-state index is -0.391. The Kier molecular flexibility index (Phi) is 3.49.